The van der Waals surface area contributed by atoms with Crippen LogP contribution in [0.25, 0.3) is 10.8 Å². The van der Waals surface area contributed by atoms with E-state index in [1.807, 2.05) is 0 Å². The molecule has 0 saturated heterocycles. The number of aromatic hydroxyl groups is 1. The van der Waals surface area contributed by atoms with Crippen LogP contribution < -0.4 is 34.7 Å². The van der Waals surface area contributed by atoms with Gasteiger partial charge in [-0.2, -0.15) is 13.5 Å². The van der Waals surface area contributed by atoms with Gasteiger partial charge in [0.2, 0.25) is 0 Å². The maximum Gasteiger partial charge on any atom is 1.00 e. The van der Waals surface area contributed by atoms with Gasteiger partial charge in [-0.1, -0.05) is 35.0 Å². The van der Waals surface area contributed by atoms with Crippen LogP contribution in [-0.2, 0) is 10.1 Å². The third kappa shape index (κ3) is 4.67. The predicted octanol–water partition coefficient (Wildman–Crippen LogP) is 1.50. The monoisotopic (exact) mass is 479 g/mol. The first kappa shape index (κ1) is 24.3. The zero-order valence-corrected chi connectivity index (χ0v) is 19.2. The summed E-state index contributed by atoms with van der Waals surface area (Å²) >= 11 is 12.1. The van der Waals surface area contributed by atoms with Crippen LogP contribution in [0.15, 0.2) is 51.5 Å². The van der Waals surface area contributed by atoms with Crippen LogP contribution in [0.1, 0.15) is 0 Å². The first-order valence-electron chi connectivity index (χ1n) is 7.49. The largest absolute Gasteiger partial charge is 1.00 e. The van der Waals surface area contributed by atoms with E-state index in [0.717, 1.165) is 0 Å². The van der Waals surface area contributed by atoms with Crippen molar-refractivity contribution >= 4 is 61.2 Å². The summed E-state index contributed by atoms with van der Waals surface area (Å²) in [6.07, 6.45) is 0. The second kappa shape index (κ2) is 9.02. The smallest absolute Gasteiger partial charge is 0.870 e. The summed E-state index contributed by atoms with van der Waals surface area (Å²) in [7, 11) is -5.04. The van der Waals surface area contributed by atoms with E-state index in [-0.39, 0.29) is 45.7 Å². The summed E-state index contributed by atoms with van der Waals surface area (Å²) in [5, 5.41) is 41.8. The SMILES string of the molecule is O=[N+]([O-])c1cc(N=Nc2ccc3c(Cl)ccc(Cl)c3c2O)c([O-])c(S(=O)(=O)O)c1.[Na+]. The van der Waals surface area contributed by atoms with Crippen LogP contribution >= 0.6 is 23.2 Å². The van der Waals surface area contributed by atoms with Gasteiger partial charge in [0.1, 0.15) is 5.69 Å². The van der Waals surface area contributed by atoms with Crippen molar-refractivity contribution in [3.63, 3.8) is 0 Å². The molecule has 0 atom stereocenters. The molecule has 3 rings (SSSR count). The number of non-ortho nitro benzene ring substituents is 1. The third-order valence-electron chi connectivity index (χ3n) is 3.80. The van der Waals surface area contributed by atoms with Crippen LogP contribution in [0.3, 0.4) is 0 Å². The van der Waals surface area contributed by atoms with E-state index < -0.39 is 42.8 Å². The van der Waals surface area contributed by atoms with E-state index >= 15 is 0 Å². The number of halogens is 2. The van der Waals surface area contributed by atoms with Crippen molar-refractivity contribution in [2.75, 3.05) is 0 Å². The standard InChI is InChI=1S/C16H9Cl2N3O7S.Na/c17-9-2-3-10(18)14-8(9)1-4-11(16(14)23)19-20-12-5-7(21(24)25)6-13(15(12)22)29(26,27)28;/h1-6,22-23H,(H,26,27,28);/q;+1/p-1. The van der Waals surface area contributed by atoms with Crippen LogP contribution in [0.5, 0.6) is 11.5 Å². The minimum absolute atomic E-state index is 0. The Labute approximate surface area is 201 Å². The van der Waals surface area contributed by atoms with Crippen molar-refractivity contribution in [1.29, 1.82) is 0 Å². The minimum atomic E-state index is -5.04. The first-order chi connectivity index (χ1) is 13.5. The van der Waals surface area contributed by atoms with Gasteiger partial charge in [-0.05, 0) is 18.2 Å². The zero-order valence-electron chi connectivity index (χ0n) is 14.9. The summed E-state index contributed by atoms with van der Waals surface area (Å²) in [4.78, 5) is 8.78. The fourth-order valence-corrected chi connectivity index (χ4v) is 3.56. The molecule has 0 saturated carbocycles. The van der Waals surface area contributed by atoms with Gasteiger partial charge in [-0.3, -0.25) is 14.7 Å². The summed E-state index contributed by atoms with van der Waals surface area (Å²) < 4.78 is 31.8. The van der Waals surface area contributed by atoms with Crippen molar-refractivity contribution in [3.8, 4) is 11.5 Å². The molecule has 30 heavy (non-hydrogen) atoms. The van der Waals surface area contributed by atoms with Gasteiger partial charge in [-0.25, -0.2) is 0 Å². The van der Waals surface area contributed by atoms with Crippen molar-refractivity contribution in [1.82, 2.24) is 0 Å². The van der Waals surface area contributed by atoms with Crippen molar-refractivity contribution in [2.45, 2.75) is 4.90 Å². The van der Waals surface area contributed by atoms with Crippen molar-refractivity contribution in [2.24, 2.45) is 10.2 Å². The summed E-state index contributed by atoms with van der Waals surface area (Å²) in [5.74, 6) is -1.73. The molecule has 3 aromatic carbocycles. The van der Waals surface area contributed by atoms with Gasteiger partial charge in [0.25, 0.3) is 15.8 Å². The molecule has 0 fully saturated rings. The molecule has 0 aliphatic rings. The number of fused-ring (bicyclic) bond motifs is 1. The number of nitro groups is 1. The third-order valence-corrected chi connectivity index (χ3v) is 5.31. The molecule has 0 amide bonds. The minimum Gasteiger partial charge on any atom is -0.870 e. The first-order valence-corrected chi connectivity index (χ1v) is 9.68. The fraction of sp³-hybridized carbons (Fsp3) is 0. The Hall–Kier alpha value is -1.99. The van der Waals surface area contributed by atoms with Gasteiger partial charge in [-0.15, -0.1) is 5.11 Å². The Morgan fingerprint density at radius 3 is 2.20 bits per heavy atom. The number of azo groups is 1. The Balaban J connectivity index is 0.00000320. The Morgan fingerprint density at radius 1 is 1.00 bits per heavy atom. The normalized spacial score (nSPS) is 11.6. The number of phenols is 1. The van der Waals surface area contributed by atoms with E-state index in [2.05, 4.69) is 10.2 Å². The Kier molecular flexibility index (Phi) is 7.30. The molecule has 0 heterocycles. The molecule has 2 N–H and O–H groups in total. The number of hydrogen-bond acceptors (Lipinski definition) is 8. The van der Waals surface area contributed by atoms with Crippen LogP contribution in [0, 0.1) is 10.1 Å². The number of rotatable bonds is 4. The molecule has 0 aliphatic heterocycles. The molecule has 0 spiro atoms. The van der Waals surface area contributed by atoms with Crippen LogP contribution in [-0.4, -0.2) is 23.0 Å². The quantitative estimate of drug-likeness (QED) is 0.188. The summed E-state index contributed by atoms with van der Waals surface area (Å²) in [5.41, 5.74) is -1.70. The maximum atomic E-state index is 12.2. The van der Waals surface area contributed by atoms with Gasteiger partial charge < -0.3 is 10.2 Å². The van der Waals surface area contributed by atoms with E-state index in [1.54, 1.807) is 0 Å². The number of phenolic OH excluding ortho intramolecular Hbond substituents is 1. The summed E-state index contributed by atoms with van der Waals surface area (Å²) in [6, 6.07) is 6.84. The average molecular weight is 480 g/mol. The molecule has 0 radical (unpaired) electrons. The molecule has 14 heteroatoms. The molecular weight excluding hydrogens is 472 g/mol. The van der Waals surface area contributed by atoms with E-state index in [0.29, 0.717) is 22.5 Å². The van der Waals surface area contributed by atoms with Gasteiger partial charge >= 0.3 is 29.6 Å². The number of benzene rings is 3. The predicted molar refractivity (Wildman–Crippen MR) is 102 cm³/mol. The fourth-order valence-electron chi connectivity index (χ4n) is 2.47. The van der Waals surface area contributed by atoms with Crippen molar-refractivity contribution in [3.05, 3.63) is 56.6 Å². The molecule has 0 unspecified atom stereocenters. The maximum absolute atomic E-state index is 12.2. The molecule has 150 valence electrons. The van der Waals surface area contributed by atoms with E-state index in [4.69, 9.17) is 27.8 Å². The van der Waals surface area contributed by atoms with E-state index in [9.17, 15) is 28.7 Å². The molecule has 10 nitrogen and oxygen atoms in total. The van der Waals surface area contributed by atoms with Gasteiger partial charge in [0.05, 0.1) is 20.5 Å². The molecule has 0 aromatic heterocycles. The Morgan fingerprint density at radius 2 is 1.60 bits per heavy atom. The number of nitrogens with zero attached hydrogens (tertiary/aromatic N) is 3. The van der Waals surface area contributed by atoms with Crippen LogP contribution in [0.2, 0.25) is 10.0 Å². The second-order valence-corrected chi connectivity index (χ2v) is 7.81. The molecule has 0 bridgehead atoms. The number of hydrogen-bond donors (Lipinski definition) is 2. The second-order valence-electron chi connectivity index (χ2n) is 5.61. The molecular formula is C16H8Cl2N3NaO7S. The average Bonchev–Trinajstić information content (AvgIpc) is 2.63. The van der Waals surface area contributed by atoms with Crippen LogP contribution in [0.4, 0.5) is 17.1 Å². The number of nitro benzene ring substituents is 1. The molecule has 3 aromatic rings. The van der Waals surface area contributed by atoms with Gasteiger partial charge in [0.15, 0.2) is 5.75 Å². The molecule has 0 aliphatic carbocycles. The zero-order chi connectivity index (χ0) is 21.5. The van der Waals surface area contributed by atoms with Gasteiger partial charge in [0, 0.05) is 27.9 Å². The topological polar surface area (TPSA) is 166 Å². The Bertz CT molecular complexity index is 1320. The van der Waals surface area contributed by atoms with E-state index in [1.165, 1.54) is 24.3 Å². The summed E-state index contributed by atoms with van der Waals surface area (Å²) in [6.45, 7) is 0. The van der Waals surface area contributed by atoms with Crippen molar-refractivity contribution < 1.29 is 57.7 Å².